The Kier molecular flexibility index (Phi) is 3.89. The molecule has 1 fully saturated rings. The van der Waals surface area contributed by atoms with E-state index < -0.39 is 0 Å². The van der Waals surface area contributed by atoms with Crippen molar-refractivity contribution in [3.63, 3.8) is 0 Å². The molecule has 2 heteroatoms. The quantitative estimate of drug-likeness (QED) is 0.874. The van der Waals surface area contributed by atoms with Crippen LogP contribution in [0.1, 0.15) is 39.2 Å². The van der Waals surface area contributed by atoms with Crippen LogP contribution in [0.5, 0.6) is 0 Å². The van der Waals surface area contributed by atoms with Gasteiger partial charge in [-0.25, -0.2) is 0 Å². The molecule has 0 heterocycles. The van der Waals surface area contributed by atoms with Crippen molar-refractivity contribution < 1.29 is 0 Å². The van der Waals surface area contributed by atoms with E-state index >= 15 is 0 Å². The molecule has 1 N–H and O–H groups in total. The first-order valence-corrected chi connectivity index (χ1v) is 7.58. The molecule has 0 unspecified atom stereocenters. The molecule has 0 amide bonds. The first-order chi connectivity index (χ1) is 8.39. The summed E-state index contributed by atoms with van der Waals surface area (Å²) in [7, 11) is 2.06. The van der Waals surface area contributed by atoms with Crippen LogP contribution in [0.4, 0.5) is 0 Å². The van der Waals surface area contributed by atoms with Crippen LogP contribution >= 0.6 is 15.9 Å². The monoisotopic (exact) mass is 309 g/mol. The number of likely N-dealkylation sites (N-methyl/N-ethyl adjacent to an activating group) is 1. The van der Waals surface area contributed by atoms with E-state index in [0.717, 1.165) is 12.5 Å². The smallest absolute Gasteiger partial charge is 0.0213 e. The number of nitrogens with one attached hydrogen (secondary N) is 1. The maximum atomic E-state index is 3.72. The van der Waals surface area contributed by atoms with Crippen LogP contribution in [0.2, 0.25) is 0 Å². The first-order valence-electron chi connectivity index (χ1n) is 6.79. The zero-order valence-corrected chi connectivity index (χ0v) is 13.5. The second kappa shape index (κ2) is 4.97. The third kappa shape index (κ3) is 2.50. The van der Waals surface area contributed by atoms with Gasteiger partial charge in [0.2, 0.25) is 0 Å². The summed E-state index contributed by atoms with van der Waals surface area (Å²) in [6, 6.07) is 8.69. The van der Waals surface area contributed by atoms with Gasteiger partial charge in [0.1, 0.15) is 0 Å². The molecule has 0 spiro atoms. The fourth-order valence-electron chi connectivity index (χ4n) is 3.19. The Labute approximate surface area is 119 Å². The van der Waals surface area contributed by atoms with Crippen LogP contribution in [0.15, 0.2) is 28.7 Å². The van der Waals surface area contributed by atoms with Crippen LogP contribution in [0, 0.1) is 11.3 Å². The van der Waals surface area contributed by atoms with Crippen molar-refractivity contribution in [1.29, 1.82) is 0 Å². The van der Waals surface area contributed by atoms with E-state index in [-0.39, 0.29) is 0 Å². The molecule has 1 aliphatic rings. The summed E-state index contributed by atoms with van der Waals surface area (Å²) < 4.78 is 1.26. The Morgan fingerprint density at radius 3 is 2.39 bits per heavy atom. The van der Waals surface area contributed by atoms with E-state index in [4.69, 9.17) is 0 Å². The normalized spacial score (nSPS) is 27.9. The molecule has 1 saturated carbocycles. The van der Waals surface area contributed by atoms with E-state index in [0.29, 0.717) is 10.8 Å². The number of benzene rings is 1. The summed E-state index contributed by atoms with van der Waals surface area (Å²) in [4.78, 5) is 0. The Bertz CT molecular complexity index is 413. The molecule has 0 radical (unpaired) electrons. The number of halogens is 1. The van der Waals surface area contributed by atoms with Gasteiger partial charge in [0, 0.05) is 16.4 Å². The third-order valence-corrected chi connectivity index (χ3v) is 5.15. The molecule has 18 heavy (non-hydrogen) atoms. The Morgan fingerprint density at radius 1 is 1.28 bits per heavy atom. The lowest BCUT2D eigenvalue weighted by Gasteiger charge is -2.53. The molecular weight excluding hydrogens is 286 g/mol. The van der Waals surface area contributed by atoms with E-state index in [1.807, 2.05) is 0 Å². The molecule has 1 nitrogen and oxygen atoms in total. The van der Waals surface area contributed by atoms with Crippen LogP contribution < -0.4 is 5.32 Å². The van der Waals surface area contributed by atoms with Gasteiger partial charge in [-0.15, -0.1) is 0 Å². The molecule has 0 aliphatic heterocycles. The molecule has 1 aromatic rings. The Hall–Kier alpha value is -0.340. The van der Waals surface area contributed by atoms with Gasteiger partial charge in [0.25, 0.3) is 0 Å². The topological polar surface area (TPSA) is 12.0 Å². The van der Waals surface area contributed by atoms with Crippen molar-refractivity contribution >= 4 is 15.9 Å². The molecule has 0 saturated heterocycles. The van der Waals surface area contributed by atoms with Crippen molar-refractivity contribution in [3.8, 4) is 0 Å². The summed E-state index contributed by atoms with van der Waals surface area (Å²) in [5.74, 6) is 0.831. The van der Waals surface area contributed by atoms with Gasteiger partial charge >= 0.3 is 0 Å². The highest BCUT2D eigenvalue weighted by Crippen LogP contribution is 2.55. The standard InChI is InChI=1S/C16H24BrN/c1-15(2,3)12-9-16(10-12,11-18-4)13-7-5-6-8-14(13)17/h5-8,12,18H,9-11H2,1-4H3. The summed E-state index contributed by atoms with van der Waals surface area (Å²) in [6.45, 7) is 8.16. The summed E-state index contributed by atoms with van der Waals surface area (Å²) in [5.41, 5.74) is 2.23. The van der Waals surface area contributed by atoms with Crippen LogP contribution in [-0.4, -0.2) is 13.6 Å². The minimum atomic E-state index is 0.326. The number of rotatable bonds is 3. The predicted molar refractivity (Wildman–Crippen MR) is 81.9 cm³/mol. The van der Waals surface area contributed by atoms with Gasteiger partial charge in [-0.1, -0.05) is 54.9 Å². The van der Waals surface area contributed by atoms with Gasteiger partial charge < -0.3 is 5.32 Å². The summed E-state index contributed by atoms with van der Waals surface area (Å²) in [5, 5.41) is 3.39. The zero-order valence-electron chi connectivity index (χ0n) is 11.9. The van der Waals surface area contributed by atoms with Crippen LogP contribution in [-0.2, 0) is 5.41 Å². The zero-order chi connectivity index (χ0) is 13.4. The fourth-order valence-corrected chi connectivity index (χ4v) is 3.89. The van der Waals surface area contributed by atoms with Crippen molar-refractivity contribution in [2.24, 2.45) is 11.3 Å². The largest absolute Gasteiger partial charge is 0.319 e. The highest BCUT2D eigenvalue weighted by molar-refractivity contribution is 9.10. The van der Waals surface area contributed by atoms with Crippen molar-refractivity contribution in [2.45, 2.75) is 39.0 Å². The average molecular weight is 310 g/mol. The first kappa shape index (κ1) is 14.1. The molecule has 1 aliphatic carbocycles. The fraction of sp³-hybridized carbons (Fsp3) is 0.625. The van der Waals surface area contributed by atoms with Crippen molar-refractivity contribution in [3.05, 3.63) is 34.3 Å². The second-order valence-corrected chi connectivity index (χ2v) is 7.62. The number of hydrogen-bond donors (Lipinski definition) is 1. The number of hydrogen-bond acceptors (Lipinski definition) is 1. The highest BCUT2D eigenvalue weighted by Gasteiger charge is 2.49. The van der Waals surface area contributed by atoms with E-state index in [2.05, 4.69) is 73.3 Å². The molecule has 100 valence electrons. The third-order valence-electron chi connectivity index (χ3n) is 4.46. The maximum Gasteiger partial charge on any atom is 0.0213 e. The van der Waals surface area contributed by atoms with Gasteiger partial charge in [-0.2, -0.15) is 0 Å². The van der Waals surface area contributed by atoms with E-state index in [1.54, 1.807) is 0 Å². The van der Waals surface area contributed by atoms with Crippen LogP contribution in [0.25, 0.3) is 0 Å². The van der Waals surface area contributed by atoms with Gasteiger partial charge in [0.15, 0.2) is 0 Å². The molecule has 0 aromatic heterocycles. The maximum absolute atomic E-state index is 3.72. The van der Waals surface area contributed by atoms with E-state index in [1.165, 1.54) is 22.9 Å². The molecule has 1 aromatic carbocycles. The molecule has 0 bridgehead atoms. The van der Waals surface area contributed by atoms with Gasteiger partial charge in [0.05, 0.1) is 0 Å². The SMILES string of the molecule is CNCC1(c2ccccc2Br)CC(C(C)(C)C)C1. The minimum Gasteiger partial charge on any atom is -0.319 e. The van der Waals surface area contributed by atoms with E-state index in [9.17, 15) is 0 Å². The van der Waals surface area contributed by atoms with Crippen molar-refractivity contribution in [1.82, 2.24) is 5.32 Å². The lowest BCUT2D eigenvalue weighted by atomic mass is 9.52. The summed E-state index contributed by atoms with van der Waals surface area (Å²) >= 11 is 3.72. The molecule has 2 rings (SSSR count). The minimum absolute atomic E-state index is 0.326. The van der Waals surface area contributed by atoms with Crippen molar-refractivity contribution in [2.75, 3.05) is 13.6 Å². The van der Waals surface area contributed by atoms with Gasteiger partial charge in [-0.3, -0.25) is 0 Å². The molecular formula is C16H24BrN. The summed E-state index contributed by atoms with van der Waals surface area (Å²) in [6.07, 6.45) is 2.58. The Morgan fingerprint density at radius 2 is 1.89 bits per heavy atom. The lowest BCUT2D eigenvalue weighted by molar-refractivity contribution is 0.0456. The average Bonchev–Trinajstić information content (AvgIpc) is 2.22. The predicted octanol–water partition coefficient (Wildman–Crippen LogP) is 4.36. The Balaban J connectivity index is 2.24. The molecule has 0 atom stereocenters. The highest BCUT2D eigenvalue weighted by atomic mass is 79.9. The second-order valence-electron chi connectivity index (χ2n) is 6.76. The lowest BCUT2D eigenvalue weighted by Crippen LogP contribution is -2.51. The van der Waals surface area contributed by atoms with Crippen LogP contribution in [0.3, 0.4) is 0 Å². The van der Waals surface area contributed by atoms with Gasteiger partial charge in [-0.05, 0) is 42.9 Å².